The van der Waals surface area contributed by atoms with Gasteiger partial charge in [0.05, 0.1) is 11.6 Å². The lowest BCUT2D eigenvalue weighted by atomic mass is 9.75. The zero-order valence-electron chi connectivity index (χ0n) is 13.3. The second-order valence-electron chi connectivity index (χ2n) is 6.55. The Morgan fingerprint density at radius 3 is 2.88 bits per heavy atom. The highest BCUT2D eigenvalue weighted by atomic mass is 35.5. The van der Waals surface area contributed by atoms with Gasteiger partial charge in [-0.1, -0.05) is 42.0 Å². The first-order valence-corrected chi connectivity index (χ1v) is 8.49. The Morgan fingerprint density at radius 1 is 1.29 bits per heavy atom. The predicted octanol–water partition coefficient (Wildman–Crippen LogP) is 5.17. The van der Waals surface area contributed by atoms with Gasteiger partial charge in [0.25, 0.3) is 0 Å². The number of anilines is 1. The average molecular weight is 340 g/mol. The van der Waals surface area contributed by atoms with Gasteiger partial charge in [-0.3, -0.25) is 0 Å². The molecular weight excluding hydrogens is 322 g/mol. The maximum Gasteiger partial charge on any atom is 0.336 e. The van der Waals surface area contributed by atoms with Crippen LogP contribution in [-0.4, -0.2) is 11.1 Å². The molecule has 0 fully saturated rings. The fourth-order valence-electron chi connectivity index (χ4n) is 4.07. The van der Waals surface area contributed by atoms with Crippen LogP contribution in [0.15, 0.2) is 48.6 Å². The van der Waals surface area contributed by atoms with E-state index in [9.17, 15) is 9.90 Å². The Balaban J connectivity index is 1.88. The van der Waals surface area contributed by atoms with Crippen molar-refractivity contribution in [1.29, 1.82) is 0 Å². The number of hydrogen-bond acceptors (Lipinski definition) is 2. The summed E-state index contributed by atoms with van der Waals surface area (Å²) in [5.74, 6) is -0.444. The van der Waals surface area contributed by atoms with Crippen LogP contribution in [0.4, 0.5) is 5.69 Å². The van der Waals surface area contributed by atoms with Crippen LogP contribution >= 0.6 is 11.6 Å². The highest BCUT2D eigenvalue weighted by Crippen LogP contribution is 2.51. The van der Waals surface area contributed by atoms with Gasteiger partial charge < -0.3 is 10.4 Å². The van der Waals surface area contributed by atoms with Gasteiger partial charge in [0.2, 0.25) is 0 Å². The number of benzene rings is 2. The first kappa shape index (κ1) is 15.3. The van der Waals surface area contributed by atoms with Crippen LogP contribution in [0.2, 0.25) is 5.02 Å². The molecule has 0 spiro atoms. The number of aromatic carboxylic acids is 1. The van der Waals surface area contributed by atoms with Crippen LogP contribution in [0, 0.1) is 12.8 Å². The van der Waals surface area contributed by atoms with E-state index in [1.807, 2.05) is 31.2 Å². The molecular formula is C20H18ClNO2. The third-order valence-electron chi connectivity index (χ3n) is 5.17. The number of fused-ring (bicyclic) bond motifs is 3. The molecule has 1 aliphatic heterocycles. The zero-order valence-corrected chi connectivity index (χ0v) is 14.0. The average Bonchev–Trinajstić information content (AvgIpc) is 3.04. The van der Waals surface area contributed by atoms with Gasteiger partial charge >= 0.3 is 5.97 Å². The Morgan fingerprint density at radius 2 is 2.12 bits per heavy atom. The van der Waals surface area contributed by atoms with Crippen LogP contribution in [0.3, 0.4) is 0 Å². The van der Waals surface area contributed by atoms with E-state index in [0.717, 1.165) is 33.8 Å². The maximum absolute atomic E-state index is 11.7. The molecule has 4 heteroatoms. The third kappa shape index (κ3) is 2.31. The normalized spacial score (nSPS) is 24.2. The van der Waals surface area contributed by atoms with Gasteiger partial charge in [-0.25, -0.2) is 4.79 Å². The molecule has 0 saturated heterocycles. The number of carbonyl (C=O) groups is 1. The van der Waals surface area contributed by atoms with Gasteiger partial charge in [0, 0.05) is 16.6 Å². The summed E-state index contributed by atoms with van der Waals surface area (Å²) in [5.41, 5.74) is 4.48. The van der Waals surface area contributed by atoms with Gasteiger partial charge in [-0.15, -0.1) is 0 Å². The van der Waals surface area contributed by atoms with Crippen molar-refractivity contribution in [3.05, 3.63) is 75.8 Å². The minimum absolute atomic E-state index is 0.122. The van der Waals surface area contributed by atoms with Crippen molar-refractivity contribution in [3.63, 3.8) is 0 Å². The number of allylic oxidation sites excluding steroid dienone is 2. The maximum atomic E-state index is 11.7. The first-order valence-electron chi connectivity index (χ1n) is 8.11. The van der Waals surface area contributed by atoms with Crippen molar-refractivity contribution in [2.45, 2.75) is 25.3 Å². The van der Waals surface area contributed by atoms with E-state index in [1.165, 1.54) is 0 Å². The Bertz CT molecular complexity index is 859. The molecule has 3 atom stereocenters. The van der Waals surface area contributed by atoms with Crippen LogP contribution < -0.4 is 5.32 Å². The minimum atomic E-state index is -0.867. The van der Waals surface area contributed by atoms with E-state index in [0.29, 0.717) is 11.5 Å². The van der Waals surface area contributed by atoms with Crippen molar-refractivity contribution in [1.82, 2.24) is 0 Å². The van der Waals surface area contributed by atoms with Gasteiger partial charge in [0.15, 0.2) is 0 Å². The molecule has 2 N–H and O–H groups in total. The quantitative estimate of drug-likeness (QED) is 0.742. The van der Waals surface area contributed by atoms with E-state index < -0.39 is 5.97 Å². The predicted molar refractivity (Wildman–Crippen MR) is 95.9 cm³/mol. The number of carboxylic acids is 1. The van der Waals surface area contributed by atoms with Gasteiger partial charge in [0.1, 0.15) is 0 Å². The van der Waals surface area contributed by atoms with Crippen LogP contribution in [-0.2, 0) is 0 Å². The molecule has 0 saturated carbocycles. The summed E-state index contributed by atoms with van der Waals surface area (Å²) in [6.45, 7) is 2.02. The van der Waals surface area contributed by atoms with Crippen molar-refractivity contribution in [2.75, 3.05) is 5.32 Å². The van der Waals surface area contributed by atoms with Crippen molar-refractivity contribution in [2.24, 2.45) is 5.92 Å². The topological polar surface area (TPSA) is 49.3 Å². The van der Waals surface area contributed by atoms with E-state index in [-0.39, 0.29) is 12.0 Å². The summed E-state index contributed by atoms with van der Waals surface area (Å²) in [6.07, 6.45) is 5.26. The van der Waals surface area contributed by atoms with Crippen LogP contribution in [0.1, 0.15) is 45.4 Å². The lowest BCUT2D eigenvalue weighted by molar-refractivity contribution is 0.0695. The molecule has 1 aliphatic carbocycles. The second-order valence-corrected chi connectivity index (χ2v) is 6.99. The molecule has 0 aromatic heterocycles. The smallest absolute Gasteiger partial charge is 0.336 e. The SMILES string of the molecule is Cc1ccc(C(=O)O)c2c1N[C@H](c1cccc(Cl)c1)[C@@H]1CC=C[C@H]21. The van der Waals surface area contributed by atoms with Crippen LogP contribution in [0.5, 0.6) is 0 Å². The van der Waals surface area contributed by atoms with Crippen molar-refractivity contribution in [3.8, 4) is 0 Å². The first-order chi connectivity index (χ1) is 11.6. The van der Waals surface area contributed by atoms with Crippen molar-refractivity contribution >= 4 is 23.3 Å². The summed E-state index contributed by atoms with van der Waals surface area (Å²) in [6, 6.07) is 11.6. The number of aryl methyl sites for hydroxylation is 1. The second kappa shape index (κ2) is 5.67. The Hall–Kier alpha value is -2.26. The largest absolute Gasteiger partial charge is 0.478 e. The Kier molecular flexibility index (Phi) is 3.61. The molecule has 2 aromatic rings. The molecule has 0 bridgehead atoms. The summed E-state index contributed by atoms with van der Waals surface area (Å²) in [4.78, 5) is 11.7. The summed E-state index contributed by atoms with van der Waals surface area (Å²) < 4.78 is 0. The fourth-order valence-corrected chi connectivity index (χ4v) is 4.27. The van der Waals surface area contributed by atoms with E-state index in [4.69, 9.17) is 11.6 Å². The highest BCUT2D eigenvalue weighted by molar-refractivity contribution is 6.30. The van der Waals surface area contributed by atoms with E-state index in [1.54, 1.807) is 6.07 Å². The molecule has 1 heterocycles. The molecule has 0 unspecified atom stereocenters. The molecule has 24 heavy (non-hydrogen) atoms. The van der Waals surface area contributed by atoms with Gasteiger partial charge in [-0.2, -0.15) is 0 Å². The lowest BCUT2D eigenvalue weighted by Gasteiger charge is -2.39. The summed E-state index contributed by atoms with van der Waals surface area (Å²) >= 11 is 6.18. The minimum Gasteiger partial charge on any atom is -0.478 e. The molecule has 2 aliphatic rings. The third-order valence-corrected chi connectivity index (χ3v) is 5.40. The van der Waals surface area contributed by atoms with Gasteiger partial charge in [-0.05, 0) is 54.2 Å². The fraction of sp³-hybridized carbons (Fsp3) is 0.250. The molecule has 4 rings (SSSR count). The van der Waals surface area contributed by atoms with Crippen LogP contribution in [0.25, 0.3) is 0 Å². The monoisotopic (exact) mass is 339 g/mol. The van der Waals surface area contributed by atoms with E-state index >= 15 is 0 Å². The molecule has 0 radical (unpaired) electrons. The molecule has 3 nitrogen and oxygen atoms in total. The lowest BCUT2D eigenvalue weighted by Crippen LogP contribution is -2.31. The highest BCUT2D eigenvalue weighted by Gasteiger charge is 2.40. The number of hydrogen-bond donors (Lipinski definition) is 2. The number of halogens is 1. The van der Waals surface area contributed by atoms with E-state index in [2.05, 4.69) is 23.5 Å². The molecule has 122 valence electrons. The summed E-state index contributed by atoms with van der Waals surface area (Å²) in [7, 11) is 0. The number of carboxylic acid groups (broad SMARTS) is 1. The number of nitrogens with one attached hydrogen (secondary N) is 1. The number of rotatable bonds is 2. The molecule has 2 aromatic carbocycles. The Labute approximate surface area is 146 Å². The zero-order chi connectivity index (χ0) is 16.8. The standard InChI is InChI=1S/C20H18ClNO2/c1-11-8-9-16(20(23)24)17-14-6-3-7-15(14)19(22-18(11)17)12-4-2-5-13(21)10-12/h2-6,8-10,14-15,19,22H,7H2,1H3,(H,23,24)/t14-,15+,19+/m0/s1. The summed E-state index contributed by atoms with van der Waals surface area (Å²) in [5, 5.41) is 13.9. The van der Waals surface area contributed by atoms with Crippen molar-refractivity contribution < 1.29 is 9.90 Å². The molecule has 0 amide bonds.